The summed E-state index contributed by atoms with van der Waals surface area (Å²) in [6.45, 7) is 0.752. The highest BCUT2D eigenvalue weighted by Crippen LogP contribution is 2.36. The van der Waals surface area contributed by atoms with Crippen molar-refractivity contribution in [2.45, 2.75) is 19.4 Å². The number of ether oxygens (including phenoxy) is 3. The molecule has 0 spiro atoms. The van der Waals surface area contributed by atoms with Crippen molar-refractivity contribution in [3.63, 3.8) is 0 Å². The van der Waals surface area contributed by atoms with E-state index in [2.05, 4.69) is 5.32 Å². The molecule has 8 nitrogen and oxygen atoms in total. The monoisotopic (exact) mass is 420 g/mol. The Labute approximate surface area is 170 Å². The van der Waals surface area contributed by atoms with E-state index in [9.17, 15) is 13.2 Å². The Morgan fingerprint density at radius 3 is 2.72 bits per heavy atom. The minimum absolute atomic E-state index is 0.114. The van der Waals surface area contributed by atoms with Gasteiger partial charge in [0.15, 0.2) is 11.5 Å². The molecule has 9 heteroatoms. The van der Waals surface area contributed by atoms with Crippen LogP contribution in [0.1, 0.15) is 18.4 Å². The third-order valence-electron chi connectivity index (χ3n) is 4.33. The fourth-order valence-electron chi connectivity index (χ4n) is 3.04. The Balaban J connectivity index is 1.59. The number of rotatable bonds is 9. The SMILES string of the molecule is COCc1cccc(NC(=O)CCCN(c2ccc3c(c2)OCO3)S(C)(=O)=O)c1. The molecule has 29 heavy (non-hydrogen) atoms. The van der Waals surface area contributed by atoms with Gasteiger partial charge in [0.1, 0.15) is 0 Å². The molecule has 0 aliphatic carbocycles. The maximum absolute atomic E-state index is 12.3. The molecule has 1 N–H and O–H groups in total. The normalized spacial score (nSPS) is 12.6. The molecule has 0 unspecified atom stereocenters. The summed E-state index contributed by atoms with van der Waals surface area (Å²) in [4.78, 5) is 12.3. The Hall–Kier alpha value is -2.78. The molecule has 0 saturated carbocycles. The Morgan fingerprint density at radius 2 is 1.97 bits per heavy atom. The largest absolute Gasteiger partial charge is 0.454 e. The number of methoxy groups -OCH3 is 1. The average Bonchev–Trinajstić information content (AvgIpc) is 3.12. The summed E-state index contributed by atoms with van der Waals surface area (Å²) >= 11 is 0. The van der Waals surface area contributed by atoms with Gasteiger partial charge in [-0.05, 0) is 36.2 Å². The maximum atomic E-state index is 12.3. The third-order valence-corrected chi connectivity index (χ3v) is 5.53. The zero-order valence-electron chi connectivity index (χ0n) is 16.4. The van der Waals surface area contributed by atoms with Crippen molar-refractivity contribution < 1.29 is 27.4 Å². The van der Waals surface area contributed by atoms with Crippen LogP contribution >= 0.6 is 0 Å². The number of carbonyl (C=O) groups excluding carboxylic acids is 1. The van der Waals surface area contributed by atoms with Crippen LogP contribution in [-0.4, -0.2) is 41.0 Å². The van der Waals surface area contributed by atoms with E-state index in [0.717, 1.165) is 11.8 Å². The number of nitrogens with one attached hydrogen (secondary N) is 1. The van der Waals surface area contributed by atoms with Crippen molar-refractivity contribution in [1.82, 2.24) is 0 Å². The van der Waals surface area contributed by atoms with Crippen LogP contribution in [0.15, 0.2) is 42.5 Å². The lowest BCUT2D eigenvalue weighted by Crippen LogP contribution is -2.31. The van der Waals surface area contributed by atoms with Crippen molar-refractivity contribution >= 4 is 27.3 Å². The first-order chi connectivity index (χ1) is 13.9. The number of anilines is 2. The smallest absolute Gasteiger partial charge is 0.232 e. The highest BCUT2D eigenvalue weighted by atomic mass is 32.2. The molecule has 2 aromatic carbocycles. The van der Waals surface area contributed by atoms with Crippen LogP contribution in [0.25, 0.3) is 0 Å². The van der Waals surface area contributed by atoms with Gasteiger partial charge >= 0.3 is 0 Å². The molecule has 0 atom stereocenters. The first-order valence-corrected chi connectivity index (χ1v) is 11.0. The van der Waals surface area contributed by atoms with E-state index in [0.29, 0.717) is 35.9 Å². The summed E-state index contributed by atoms with van der Waals surface area (Å²) in [5, 5.41) is 2.83. The van der Waals surface area contributed by atoms with E-state index >= 15 is 0 Å². The van der Waals surface area contributed by atoms with Crippen molar-refractivity contribution in [2.24, 2.45) is 0 Å². The lowest BCUT2D eigenvalue weighted by atomic mass is 10.2. The summed E-state index contributed by atoms with van der Waals surface area (Å²) in [7, 11) is -1.90. The second-order valence-electron chi connectivity index (χ2n) is 6.66. The van der Waals surface area contributed by atoms with Gasteiger partial charge in [0.05, 0.1) is 18.6 Å². The van der Waals surface area contributed by atoms with Crippen LogP contribution in [-0.2, 0) is 26.2 Å². The van der Waals surface area contributed by atoms with Gasteiger partial charge in [-0.3, -0.25) is 9.10 Å². The topological polar surface area (TPSA) is 94.2 Å². The molecule has 0 bridgehead atoms. The van der Waals surface area contributed by atoms with E-state index < -0.39 is 10.0 Å². The maximum Gasteiger partial charge on any atom is 0.232 e. The number of fused-ring (bicyclic) bond motifs is 1. The number of amides is 1. The number of nitrogens with zero attached hydrogens (tertiary/aromatic N) is 1. The minimum Gasteiger partial charge on any atom is -0.454 e. The number of sulfonamides is 1. The average molecular weight is 420 g/mol. The summed E-state index contributed by atoms with van der Waals surface area (Å²) < 4.78 is 41.4. The van der Waals surface area contributed by atoms with Crippen molar-refractivity contribution in [3.8, 4) is 11.5 Å². The van der Waals surface area contributed by atoms with Crippen molar-refractivity contribution in [1.29, 1.82) is 0 Å². The van der Waals surface area contributed by atoms with Crippen LogP contribution in [0.4, 0.5) is 11.4 Å². The van der Waals surface area contributed by atoms with Gasteiger partial charge in [-0.15, -0.1) is 0 Å². The molecule has 0 saturated heterocycles. The molecule has 1 heterocycles. The van der Waals surface area contributed by atoms with E-state index in [1.165, 1.54) is 4.31 Å². The molecule has 0 radical (unpaired) electrons. The molecule has 0 aromatic heterocycles. The fraction of sp³-hybridized carbons (Fsp3) is 0.350. The van der Waals surface area contributed by atoms with Crippen LogP contribution in [0, 0.1) is 0 Å². The van der Waals surface area contributed by atoms with Crippen molar-refractivity contribution in [2.75, 3.05) is 36.3 Å². The quantitative estimate of drug-likeness (QED) is 0.670. The molecule has 1 aliphatic heterocycles. The Morgan fingerprint density at radius 1 is 1.17 bits per heavy atom. The van der Waals surface area contributed by atoms with Gasteiger partial charge in [-0.1, -0.05) is 12.1 Å². The van der Waals surface area contributed by atoms with Gasteiger partial charge in [0.2, 0.25) is 22.7 Å². The number of hydrogen-bond donors (Lipinski definition) is 1. The first-order valence-electron chi connectivity index (χ1n) is 9.12. The summed E-state index contributed by atoms with van der Waals surface area (Å²) in [6.07, 6.45) is 1.69. The number of benzene rings is 2. The van der Waals surface area contributed by atoms with Gasteiger partial charge in [0.25, 0.3) is 0 Å². The lowest BCUT2D eigenvalue weighted by molar-refractivity contribution is -0.116. The summed E-state index contributed by atoms with van der Waals surface area (Å²) in [6, 6.07) is 12.4. The minimum atomic E-state index is -3.51. The Bertz CT molecular complexity index is 977. The Kier molecular flexibility index (Phi) is 6.60. The van der Waals surface area contributed by atoms with Gasteiger partial charge < -0.3 is 19.5 Å². The fourth-order valence-corrected chi connectivity index (χ4v) is 4.00. The summed E-state index contributed by atoms with van der Waals surface area (Å²) in [5.74, 6) is 0.904. The predicted molar refractivity (Wildman–Crippen MR) is 110 cm³/mol. The lowest BCUT2D eigenvalue weighted by Gasteiger charge is -2.22. The molecular formula is C20H24N2O6S. The van der Waals surface area contributed by atoms with Crippen LogP contribution in [0.5, 0.6) is 11.5 Å². The second kappa shape index (κ2) is 9.15. The molecule has 0 fully saturated rings. The highest BCUT2D eigenvalue weighted by molar-refractivity contribution is 7.92. The molecule has 1 amide bonds. The third kappa shape index (κ3) is 5.61. The predicted octanol–water partition coefficient (Wildman–Crippen LogP) is 2.75. The van der Waals surface area contributed by atoms with Gasteiger partial charge in [-0.2, -0.15) is 0 Å². The van der Waals surface area contributed by atoms with Crippen molar-refractivity contribution in [3.05, 3.63) is 48.0 Å². The summed E-state index contributed by atoms with van der Waals surface area (Å²) in [5.41, 5.74) is 2.11. The zero-order valence-corrected chi connectivity index (χ0v) is 17.2. The van der Waals surface area contributed by atoms with E-state index in [1.54, 1.807) is 31.4 Å². The van der Waals surface area contributed by atoms with Crippen LogP contribution in [0.3, 0.4) is 0 Å². The highest BCUT2D eigenvalue weighted by Gasteiger charge is 2.21. The molecule has 2 aromatic rings. The first kappa shape index (κ1) is 20.9. The molecule has 156 valence electrons. The molecular weight excluding hydrogens is 396 g/mol. The van der Waals surface area contributed by atoms with E-state index in [-0.39, 0.29) is 25.7 Å². The molecule has 3 rings (SSSR count). The van der Waals surface area contributed by atoms with Crippen LogP contribution < -0.4 is 19.1 Å². The van der Waals surface area contributed by atoms with Gasteiger partial charge in [0, 0.05) is 31.8 Å². The van der Waals surface area contributed by atoms with Crippen LogP contribution in [0.2, 0.25) is 0 Å². The molecule has 1 aliphatic rings. The number of carbonyl (C=O) groups is 1. The standard InChI is InChI=1S/C20H24N2O6S/c1-26-13-15-5-3-6-16(11-15)21-20(23)7-4-10-22(29(2,24)25)17-8-9-18-19(12-17)28-14-27-18/h3,5-6,8-9,11-12H,4,7,10,13-14H2,1-2H3,(H,21,23). The van der Waals surface area contributed by atoms with E-state index in [4.69, 9.17) is 14.2 Å². The second-order valence-corrected chi connectivity index (χ2v) is 8.56. The van der Waals surface area contributed by atoms with Gasteiger partial charge in [-0.25, -0.2) is 8.42 Å². The number of hydrogen-bond acceptors (Lipinski definition) is 6. The van der Waals surface area contributed by atoms with E-state index in [1.807, 2.05) is 18.2 Å². The zero-order chi connectivity index (χ0) is 20.9.